The third-order valence-electron chi connectivity index (χ3n) is 4.09. The Bertz CT molecular complexity index is 501. The van der Waals surface area contributed by atoms with Crippen LogP contribution in [0, 0.1) is 0 Å². The highest BCUT2D eigenvalue weighted by atomic mass is 79.9. The van der Waals surface area contributed by atoms with E-state index in [-0.39, 0.29) is 6.04 Å². The fourth-order valence-corrected chi connectivity index (χ4v) is 6.82. The highest BCUT2D eigenvalue weighted by Crippen LogP contribution is 2.69. The molecule has 0 spiro atoms. The van der Waals surface area contributed by atoms with Crippen LogP contribution in [0.25, 0.3) is 0 Å². The van der Waals surface area contributed by atoms with Crippen LogP contribution in [0.2, 0.25) is 0 Å². The molecular weight excluding hydrogens is 346 g/mol. The molecule has 0 amide bonds. The third kappa shape index (κ3) is 2.54. The lowest BCUT2D eigenvalue weighted by molar-refractivity contribution is 0.234. The molecule has 1 aliphatic heterocycles. The van der Waals surface area contributed by atoms with Gasteiger partial charge in [-0.15, -0.1) is 0 Å². The number of rotatable bonds is 2. The first-order valence-corrected chi connectivity index (χ1v) is 9.89. The molecule has 0 radical (unpaired) electrons. The van der Waals surface area contributed by atoms with Gasteiger partial charge in [-0.05, 0) is 29.6 Å². The summed E-state index contributed by atoms with van der Waals surface area (Å²) in [5.74, 6) is 0. The van der Waals surface area contributed by atoms with Crippen LogP contribution in [-0.4, -0.2) is 20.5 Å². The van der Waals surface area contributed by atoms with Crippen LogP contribution in [0.5, 0.6) is 0 Å². The quantitative estimate of drug-likeness (QED) is 0.558. The number of fused-ring (bicyclic) bond motifs is 1. The second kappa shape index (κ2) is 5.50. The Morgan fingerprint density at radius 3 is 2.53 bits per heavy atom. The number of nitrogens with zero attached hydrogens (tertiary/aromatic N) is 2. The average molecular weight is 364 g/mol. The van der Waals surface area contributed by atoms with E-state index in [1.807, 2.05) is 22.9 Å². The van der Waals surface area contributed by atoms with E-state index in [0.717, 1.165) is 18.4 Å². The molecule has 3 nitrogen and oxygen atoms in total. The van der Waals surface area contributed by atoms with E-state index >= 15 is 0 Å². The van der Waals surface area contributed by atoms with Crippen LogP contribution >= 0.6 is 34.2 Å². The molecule has 2 aliphatic rings. The smallest absolute Gasteiger partial charge is 0.270 e. The minimum absolute atomic E-state index is 0.279. The Kier molecular flexibility index (Phi) is 4.08. The van der Waals surface area contributed by atoms with Gasteiger partial charge in [0.05, 0.1) is 0 Å². The van der Waals surface area contributed by atoms with Crippen LogP contribution in [-0.2, 0) is 11.1 Å². The molecular formula is C13H17BrClN2OP. The lowest BCUT2D eigenvalue weighted by Gasteiger charge is -2.30. The first-order chi connectivity index (χ1) is 9.10. The van der Waals surface area contributed by atoms with E-state index in [9.17, 15) is 4.57 Å². The van der Waals surface area contributed by atoms with Crippen LogP contribution in [0.15, 0.2) is 30.3 Å². The monoisotopic (exact) mass is 362 g/mol. The van der Waals surface area contributed by atoms with E-state index in [2.05, 4.69) is 28.3 Å². The molecule has 2 fully saturated rings. The fraction of sp³-hybridized carbons (Fsp3) is 0.538. The van der Waals surface area contributed by atoms with Gasteiger partial charge in [0.15, 0.2) is 0 Å². The number of hydrogen-bond acceptors (Lipinski definition) is 1. The molecule has 104 valence electrons. The predicted molar refractivity (Wildman–Crippen MR) is 82.3 cm³/mol. The zero-order valence-electron chi connectivity index (χ0n) is 10.6. The number of hydrogen-bond donors (Lipinski definition) is 0. The summed E-state index contributed by atoms with van der Waals surface area (Å²) in [7, 11) is 0. The van der Waals surface area contributed by atoms with Gasteiger partial charge in [0.1, 0.15) is 0 Å². The highest BCUT2D eigenvalue weighted by molar-refractivity contribution is 9.08. The summed E-state index contributed by atoms with van der Waals surface area (Å²) >= 11 is 9.82. The van der Waals surface area contributed by atoms with Crippen LogP contribution in [0.1, 0.15) is 31.2 Å². The van der Waals surface area contributed by atoms with Gasteiger partial charge in [-0.25, -0.2) is 4.67 Å². The van der Waals surface area contributed by atoms with Gasteiger partial charge in [0.2, 0.25) is 0 Å². The van der Waals surface area contributed by atoms with Crippen molar-refractivity contribution in [3.8, 4) is 0 Å². The summed E-state index contributed by atoms with van der Waals surface area (Å²) in [5, 5.41) is 0. The largest absolute Gasteiger partial charge is 0.315 e. The topological polar surface area (TPSA) is 23.6 Å². The van der Waals surface area contributed by atoms with Crippen molar-refractivity contribution in [2.45, 2.75) is 44.3 Å². The SMILES string of the molecule is O=P1(Cl)N(Br)[C@@H]2CCCC[C@H]2N1Cc1ccccc1. The van der Waals surface area contributed by atoms with Gasteiger partial charge in [0.25, 0.3) is 0 Å². The van der Waals surface area contributed by atoms with Crippen molar-refractivity contribution < 1.29 is 4.57 Å². The molecule has 3 atom stereocenters. The molecule has 3 rings (SSSR count). The molecule has 0 N–H and O–H groups in total. The van der Waals surface area contributed by atoms with E-state index in [1.54, 1.807) is 3.70 Å². The highest BCUT2D eigenvalue weighted by Gasteiger charge is 2.53. The lowest BCUT2D eigenvalue weighted by atomic mass is 9.91. The number of benzene rings is 1. The van der Waals surface area contributed by atoms with E-state index in [4.69, 9.17) is 11.2 Å². The van der Waals surface area contributed by atoms with Crippen LogP contribution < -0.4 is 0 Å². The Morgan fingerprint density at radius 1 is 1.21 bits per heavy atom. The maximum absolute atomic E-state index is 12.8. The molecule has 1 heterocycles. The van der Waals surface area contributed by atoms with Crippen molar-refractivity contribution in [2.24, 2.45) is 0 Å². The van der Waals surface area contributed by atoms with Crippen molar-refractivity contribution >= 4 is 34.2 Å². The Hall–Kier alpha value is 0.140. The summed E-state index contributed by atoms with van der Waals surface area (Å²) in [6.45, 7) is -2.30. The maximum atomic E-state index is 12.8. The van der Waals surface area contributed by atoms with Crippen molar-refractivity contribution in [1.82, 2.24) is 8.37 Å². The van der Waals surface area contributed by atoms with Gasteiger partial charge in [-0.1, -0.05) is 43.2 Å². The molecule has 1 saturated heterocycles. The van der Waals surface area contributed by atoms with Crippen LogP contribution in [0.4, 0.5) is 0 Å². The number of halogens is 2. The van der Waals surface area contributed by atoms with E-state index < -0.39 is 6.80 Å². The minimum atomic E-state index is -2.96. The van der Waals surface area contributed by atoms with E-state index in [1.165, 1.54) is 12.8 Å². The zero-order valence-corrected chi connectivity index (χ0v) is 13.8. The molecule has 19 heavy (non-hydrogen) atoms. The van der Waals surface area contributed by atoms with Crippen molar-refractivity contribution in [1.29, 1.82) is 0 Å². The van der Waals surface area contributed by atoms with Crippen molar-refractivity contribution in [2.75, 3.05) is 0 Å². The Morgan fingerprint density at radius 2 is 1.84 bits per heavy atom. The second-order valence-electron chi connectivity index (χ2n) is 5.26. The van der Waals surface area contributed by atoms with Crippen LogP contribution in [0.3, 0.4) is 0 Å². The Labute approximate surface area is 127 Å². The Balaban J connectivity index is 1.88. The normalized spacial score (nSPS) is 36.3. The zero-order chi connectivity index (χ0) is 13.5. The van der Waals surface area contributed by atoms with E-state index in [0.29, 0.717) is 12.6 Å². The summed E-state index contributed by atoms with van der Waals surface area (Å²) in [6.07, 6.45) is 4.54. The summed E-state index contributed by atoms with van der Waals surface area (Å²) in [6, 6.07) is 10.7. The maximum Gasteiger partial charge on any atom is 0.315 e. The fourth-order valence-electron chi connectivity index (χ4n) is 3.14. The minimum Gasteiger partial charge on any atom is -0.270 e. The predicted octanol–water partition coefficient (Wildman–Crippen LogP) is 4.77. The molecule has 1 saturated carbocycles. The first-order valence-electron chi connectivity index (χ1n) is 6.67. The molecule has 1 aromatic carbocycles. The molecule has 1 aromatic rings. The molecule has 1 aliphatic carbocycles. The van der Waals surface area contributed by atoms with Gasteiger partial charge in [-0.3, -0.25) is 4.57 Å². The lowest BCUT2D eigenvalue weighted by Crippen LogP contribution is -2.37. The van der Waals surface area contributed by atoms with Gasteiger partial charge in [-0.2, -0.15) is 3.70 Å². The first kappa shape index (κ1) is 14.1. The van der Waals surface area contributed by atoms with Crippen molar-refractivity contribution in [3.63, 3.8) is 0 Å². The molecule has 0 aromatic heterocycles. The second-order valence-corrected chi connectivity index (χ2v) is 9.79. The molecule has 6 heteroatoms. The van der Waals surface area contributed by atoms with Gasteiger partial charge < -0.3 is 0 Å². The third-order valence-corrected chi connectivity index (χ3v) is 9.36. The molecule has 0 bridgehead atoms. The van der Waals surface area contributed by atoms with Gasteiger partial charge in [0, 0.05) is 34.8 Å². The summed E-state index contributed by atoms with van der Waals surface area (Å²) in [4.78, 5) is 0. The summed E-state index contributed by atoms with van der Waals surface area (Å²) < 4.78 is 16.6. The van der Waals surface area contributed by atoms with Gasteiger partial charge >= 0.3 is 6.80 Å². The summed E-state index contributed by atoms with van der Waals surface area (Å²) in [5.41, 5.74) is 1.16. The standard InChI is InChI=1S/C13H17BrClN2OP/c14-17-13-9-5-4-8-12(13)16(19(17,15)18)10-11-6-2-1-3-7-11/h1-3,6-7,12-13H,4-5,8-10H2/t12-,13-,19?/m1/s1. The average Bonchev–Trinajstić information content (AvgIpc) is 2.62. The van der Waals surface area contributed by atoms with Crippen molar-refractivity contribution in [3.05, 3.63) is 35.9 Å². The molecule has 1 unspecified atom stereocenters.